The van der Waals surface area contributed by atoms with Gasteiger partial charge in [-0.15, -0.1) is 0 Å². The molecule has 0 aromatic heterocycles. The number of hydrogen-bond acceptors (Lipinski definition) is 2. The summed E-state index contributed by atoms with van der Waals surface area (Å²) in [6, 6.07) is 11.6. The highest BCUT2D eigenvalue weighted by Gasteiger charge is 2.05. The SMILES string of the molecule is Cc1ccc(COc2ccc(C#N)c(F)c2)c(Cl)c1. The largest absolute Gasteiger partial charge is 0.489 e. The van der Waals surface area contributed by atoms with E-state index in [1.165, 1.54) is 12.1 Å². The van der Waals surface area contributed by atoms with Gasteiger partial charge < -0.3 is 4.74 Å². The topological polar surface area (TPSA) is 33.0 Å². The summed E-state index contributed by atoms with van der Waals surface area (Å²) in [6.45, 7) is 2.21. The zero-order valence-corrected chi connectivity index (χ0v) is 11.0. The molecule has 0 unspecified atom stereocenters. The molecule has 19 heavy (non-hydrogen) atoms. The zero-order chi connectivity index (χ0) is 13.8. The highest BCUT2D eigenvalue weighted by Crippen LogP contribution is 2.21. The first kappa shape index (κ1) is 13.4. The third-order valence-electron chi connectivity index (χ3n) is 2.66. The van der Waals surface area contributed by atoms with Crippen molar-refractivity contribution in [2.45, 2.75) is 13.5 Å². The van der Waals surface area contributed by atoms with Crippen LogP contribution in [0.1, 0.15) is 16.7 Å². The maximum atomic E-state index is 13.4. The lowest BCUT2D eigenvalue weighted by atomic mass is 10.1. The van der Waals surface area contributed by atoms with E-state index in [0.29, 0.717) is 10.8 Å². The molecule has 0 saturated heterocycles. The Hall–Kier alpha value is -2.05. The number of benzene rings is 2. The molecule has 2 nitrogen and oxygen atoms in total. The van der Waals surface area contributed by atoms with Crippen molar-refractivity contribution < 1.29 is 9.13 Å². The molecule has 2 aromatic carbocycles. The number of halogens is 2. The van der Waals surface area contributed by atoms with Gasteiger partial charge in [-0.2, -0.15) is 5.26 Å². The summed E-state index contributed by atoms with van der Waals surface area (Å²) >= 11 is 6.08. The molecule has 0 radical (unpaired) electrons. The van der Waals surface area contributed by atoms with Gasteiger partial charge >= 0.3 is 0 Å². The number of rotatable bonds is 3. The summed E-state index contributed by atoms with van der Waals surface area (Å²) in [5.74, 6) is -0.219. The average molecular weight is 276 g/mol. The lowest BCUT2D eigenvalue weighted by Crippen LogP contribution is -1.97. The van der Waals surface area contributed by atoms with Crippen LogP contribution in [0.4, 0.5) is 4.39 Å². The van der Waals surface area contributed by atoms with Crippen LogP contribution in [-0.2, 0) is 6.61 Å². The van der Waals surface area contributed by atoms with E-state index in [1.54, 1.807) is 12.1 Å². The molecule has 0 saturated carbocycles. The second-order valence-corrected chi connectivity index (χ2v) is 4.54. The summed E-state index contributed by atoms with van der Waals surface area (Å²) in [7, 11) is 0. The summed E-state index contributed by atoms with van der Waals surface area (Å²) in [5.41, 5.74) is 1.90. The van der Waals surface area contributed by atoms with Gasteiger partial charge in [-0.1, -0.05) is 23.7 Å². The van der Waals surface area contributed by atoms with E-state index < -0.39 is 5.82 Å². The van der Waals surface area contributed by atoms with Gasteiger partial charge in [-0.05, 0) is 30.7 Å². The molecule has 0 spiro atoms. The number of ether oxygens (including phenoxy) is 1. The van der Waals surface area contributed by atoms with E-state index >= 15 is 0 Å². The lowest BCUT2D eigenvalue weighted by molar-refractivity contribution is 0.304. The molecular weight excluding hydrogens is 265 g/mol. The summed E-state index contributed by atoms with van der Waals surface area (Å²) in [5, 5.41) is 9.25. The molecule has 0 amide bonds. The minimum Gasteiger partial charge on any atom is -0.489 e. The molecule has 0 heterocycles. The highest BCUT2D eigenvalue weighted by atomic mass is 35.5. The fraction of sp³-hybridized carbons (Fsp3) is 0.133. The molecule has 0 atom stereocenters. The van der Waals surface area contributed by atoms with Gasteiger partial charge in [0.2, 0.25) is 0 Å². The molecule has 0 N–H and O–H groups in total. The van der Waals surface area contributed by atoms with Crippen LogP contribution in [0.3, 0.4) is 0 Å². The van der Waals surface area contributed by atoms with Crippen LogP contribution >= 0.6 is 11.6 Å². The van der Waals surface area contributed by atoms with Crippen LogP contribution in [-0.4, -0.2) is 0 Å². The quantitative estimate of drug-likeness (QED) is 0.839. The van der Waals surface area contributed by atoms with Gasteiger partial charge in [-0.3, -0.25) is 0 Å². The first-order valence-electron chi connectivity index (χ1n) is 5.67. The standard InChI is InChI=1S/C15H11ClFNO/c1-10-2-3-12(14(16)6-10)9-19-13-5-4-11(8-18)15(17)7-13/h2-7H,9H2,1H3. The Labute approximate surface area is 116 Å². The van der Waals surface area contributed by atoms with Gasteiger partial charge in [0.05, 0.1) is 5.56 Å². The van der Waals surface area contributed by atoms with Crippen LogP contribution in [0.5, 0.6) is 5.75 Å². The van der Waals surface area contributed by atoms with E-state index in [0.717, 1.165) is 11.1 Å². The van der Waals surface area contributed by atoms with Crippen LogP contribution in [0.2, 0.25) is 5.02 Å². The van der Waals surface area contributed by atoms with Crippen molar-refractivity contribution in [3.8, 4) is 11.8 Å². The Morgan fingerprint density at radius 3 is 2.68 bits per heavy atom. The predicted octanol–water partition coefficient (Wildman–Crippen LogP) is 4.24. The monoisotopic (exact) mass is 275 g/mol. The minimum atomic E-state index is -0.588. The normalized spacial score (nSPS) is 10.0. The van der Waals surface area contributed by atoms with Crippen LogP contribution < -0.4 is 4.74 Å². The van der Waals surface area contributed by atoms with Crippen molar-refractivity contribution in [1.29, 1.82) is 5.26 Å². The van der Waals surface area contributed by atoms with Gasteiger partial charge in [0.15, 0.2) is 0 Å². The van der Waals surface area contributed by atoms with Gasteiger partial charge in [0.25, 0.3) is 0 Å². The van der Waals surface area contributed by atoms with E-state index in [9.17, 15) is 4.39 Å². The van der Waals surface area contributed by atoms with Crippen molar-refractivity contribution in [2.75, 3.05) is 0 Å². The van der Waals surface area contributed by atoms with E-state index in [-0.39, 0.29) is 12.2 Å². The fourth-order valence-corrected chi connectivity index (χ4v) is 1.90. The fourth-order valence-electron chi connectivity index (χ4n) is 1.61. The van der Waals surface area contributed by atoms with E-state index in [4.69, 9.17) is 21.6 Å². The molecule has 0 aliphatic carbocycles. The van der Waals surface area contributed by atoms with E-state index in [1.807, 2.05) is 25.1 Å². The number of nitrogens with zero attached hydrogens (tertiary/aromatic N) is 1. The maximum absolute atomic E-state index is 13.4. The van der Waals surface area contributed by atoms with Crippen molar-refractivity contribution in [1.82, 2.24) is 0 Å². The molecule has 0 aliphatic heterocycles. The molecule has 0 aliphatic rings. The summed E-state index contributed by atoms with van der Waals surface area (Å²) < 4.78 is 18.8. The predicted molar refractivity (Wildman–Crippen MR) is 71.6 cm³/mol. The smallest absolute Gasteiger partial charge is 0.144 e. The highest BCUT2D eigenvalue weighted by molar-refractivity contribution is 6.31. The Morgan fingerprint density at radius 2 is 2.05 bits per heavy atom. The van der Waals surface area contributed by atoms with Crippen LogP contribution in [0, 0.1) is 24.1 Å². The Balaban J connectivity index is 2.10. The van der Waals surface area contributed by atoms with Crippen LogP contribution in [0.15, 0.2) is 36.4 Å². The molecule has 2 rings (SSSR count). The molecule has 0 fully saturated rings. The molecular formula is C15H11ClFNO. The van der Waals surface area contributed by atoms with Gasteiger partial charge in [-0.25, -0.2) is 4.39 Å². The Kier molecular flexibility index (Phi) is 4.03. The van der Waals surface area contributed by atoms with Crippen molar-refractivity contribution >= 4 is 11.6 Å². The molecule has 2 aromatic rings. The lowest BCUT2D eigenvalue weighted by Gasteiger charge is -2.08. The third-order valence-corrected chi connectivity index (χ3v) is 3.02. The Bertz CT molecular complexity index is 649. The first-order chi connectivity index (χ1) is 9.10. The molecule has 4 heteroatoms. The van der Waals surface area contributed by atoms with Crippen molar-refractivity contribution in [2.24, 2.45) is 0 Å². The number of hydrogen-bond donors (Lipinski definition) is 0. The van der Waals surface area contributed by atoms with Crippen molar-refractivity contribution in [3.63, 3.8) is 0 Å². The Morgan fingerprint density at radius 1 is 1.26 bits per heavy atom. The van der Waals surface area contributed by atoms with E-state index in [2.05, 4.69) is 0 Å². The average Bonchev–Trinajstić information content (AvgIpc) is 2.38. The first-order valence-corrected chi connectivity index (χ1v) is 6.05. The zero-order valence-electron chi connectivity index (χ0n) is 10.3. The third kappa shape index (κ3) is 3.24. The molecule has 0 bridgehead atoms. The molecule has 96 valence electrons. The van der Waals surface area contributed by atoms with Crippen molar-refractivity contribution in [3.05, 3.63) is 63.9 Å². The van der Waals surface area contributed by atoms with Crippen LogP contribution in [0.25, 0.3) is 0 Å². The number of nitriles is 1. The number of aryl methyl sites for hydroxylation is 1. The van der Waals surface area contributed by atoms with Gasteiger partial charge in [0, 0.05) is 16.7 Å². The summed E-state index contributed by atoms with van der Waals surface area (Å²) in [6.07, 6.45) is 0. The second-order valence-electron chi connectivity index (χ2n) is 4.14. The van der Waals surface area contributed by atoms with Gasteiger partial charge in [0.1, 0.15) is 24.2 Å². The maximum Gasteiger partial charge on any atom is 0.144 e. The minimum absolute atomic E-state index is 0.000665. The summed E-state index contributed by atoms with van der Waals surface area (Å²) in [4.78, 5) is 0. The second kappa shape index (κ2) is 5.73.